The minimum Gasteiger partial charge on any atom is -0.497 e. The van der Waals surface area contributed by atoms with Crippen LogP contribution in [-0.4, -0.2) is 30.6 Å². The second-order valence-corrected chi connectivity index (χ2v) is 6.38. The highest BCUT2D eigenvalue weighted by atomic mass is 16.5. The zero-order chi connectivity index (χ0) is 21.3. The fraction of sp³-hybridized carbons (Fsp3) is 0.364. The molecule has 0 heterocycles. The standard InChI is InChI=1S/C16H23NO5.C6H7N/c1-21-14-8-5-6-13(10-14)12-22-15(11-18)7-3-2-4-9-16(19)17-20;7-6-4-2-1-3-5-6/h5-6,8,10-11,15,20H,2-4,7,9,12H2,1H3,(H,17,19);1-5H,7H2. The molecule has 2 aromatic carbocycles. The number of nitrogens with two attached hydrogens (primary N) is 1. The Morgan fingerprint density at radius 3 is 2.48 bits per heavy atom. The maximum atomic E-state index is 11.0. The average Bonchev–Trinajstić information content (AvgIpc) is 2.76. The summed E-state index contributed by atoms with van der Waals surface area (Å²) in [7, 11) is 1.60. The van der Waals surface area contributed by atoms with E-state index in [1.807, 2.05) is 54.6 Å². The molecule has 0 radical (unpaired) electrons. The lowest BCUT2D eigenvalue weighted by molar-refractivity contribution is -0.129. The molecule has 0 aliphatic rings. The molecular weight excluding hydrogens is 372 g/mol. The van der Waals surface area contributed by atoms with Gasteiger partial charge in [-0.05, 0) is 42.7 Å². The number of benzene rings is 2. The van der Waals surface area contributed by atoms with Gasteiger partial charge in [-0.2, -0.15) is 0 Å². The van der Waals surface area contributed by atoms with Crippen LogP contribution in [0.15, 0.2) is 54.6 Å². The van der Waals surface area contributed by atoms with Crippen molar-refractivity contribution in [3.8, 4) is 5.75 Å². The van der Waals surface area contributed by atoms with Crippen LogP contribution in [0.3, 0.4) is 0 Å². The molecule has 29 heavy (non-hydrogen) atoms. The van der Waals surface area contributed by atoms with Gasteiger partial charge in [0.1, 0.15) is 18.1 Å². The Labute approximate surface area is 171 Å². The first-order valence-corrected chi connectivity index (χ1v) is 9.52. The number of nitrogen functional groups attached to an aromatic ring is 1. The Bertz CT molecular complexity index is 709. The maximum Gasteiger partial charge on any atom is 0.243 e. The molecule has 0 fully saturated rings. The molecule has 0 bridgehead atoms. The van der Waals surface area contributed by atoms with Crippen molar-refractivity contribution < 1.29 is 24.3 Å². The van der Waals surface area contributed by atoms with Crippen LogP contribution in [0.25, 0.3) is 0 Å². The summed E-state index contributed by atoms with van der Waals surface area (Å²) in [5, 5.41) is 8.36. The summed E-state index contributed by atoms with van der Waals surface area (Å²) in [6.45, 7) is 0.355. The van der Waals surface area contributed by atoms with E-state index in [2.05, 4.69) is 0 Å². The predicted octanol–water partition coefficient (Wildman–Crippen LogP) is 3.50. The van der Waals surface area contributed by atoms with Gasteiger partial charge in [-0.3, -0.25) is 10.0 Å². The number of nitrogens with one attached hydrogen (secondary N) is 1. The minimum atomic E-state index is -0.446. The van der Waals surface area contributed by atoms with E-state index in [1.165, 1.54) is 0 Å². The monoisotopic (exact) mass is 402 g/mol. The second-order valence-electron chi connectivity index (χ2n) is 6.38. The fourth-order valence-corrected chi connectivity index (χ4v) is 2.47. The molecule has 1 atom stereocenters. The third-order valence-electron chi connectivity index (χ3n) is 4.07. The van der Waals surface area contributed by atoms with Crippen LogP contribution in [0.2, 0.25) is 0 Å². The molecule has 0 aliphatic carbocycles. The second kappa shape index (κ2) is 15.1. The first-order valence-electron chi connectivity index (χ1n) is 9.52. The number of amides is 1. The number of rotatable bonds is 11. The number of carbonyl (C=O) groups excluding carboxylic acids is 2. The van der Waals surface area contributed by atoms with Crippen LogP contribution in [0, 0.1) is 0 Å². The Hall–Kier alpha value is -2.90. The molecule has 0 saturated heterocycles. The number of para-hydroxylation sites is 1. The van der Waals surface area contributed by atoms with E-state index >= 15 is 0 Å². The highest BCUT2D eigenvalue weighted by Gasteiger charge is 2.08. The molecule has 7 nitrogen and oxygen atoms in total. The van der Waals surface area contributed by atoms with Crippen molar-refractivity contribution in [3.05, 3.63) is 60.2 Å². The molecule has 1 unspecified atom stereocenters. The maximum absolute atomic E-state index is 11.0. The SMILES string of the molecule is COc1cccc(COC(C=O)CCCCCC(=O)NO)c1.Nc1ccccc1. The van der Waals surface area contributed by atoms with Gasteiger partial charge < -0.3 is 20.0 Å². The summed E-state index contributed by atoms with van der Waals surface area (Å²) < 4.78 is 10.7. The number of anilines is 1. The van der Waals surface area contributed by atoms with Crippen molar-refractivity contribution in [1.82, 2.24) is 5.48 Å². The molecule has 2 rings (SSSR count). The first kappa shape index (κ1) is 24.1. The number of hydroxylamine groups is 1. The Morgan fingerprint density at radius 1 is 1.14 bits per heavy atom. The molecule has 0 spiro atoms. The molecule has 4 N–H and O–H groups in total. The van der Waals surface area contributed by atoms with Crippen LogP contribution >= 0.6 is 0 Å². The van der Waals surface area contributed by atoms with Gasteiger partial charge in [0.25, 0.3) is 0 Å². The number of unbranched alkanes of at least 4 members (excludes halogenated alkanes) is 2. The molecule has 1 amide bonds. The van der Waals surface area contributed by atoms with Crippen molar-refractivity contribution >= 4 is 17.9 Å². The summed E-state index contributed by atoms with van der Waals surface area (Å²) in [6, 6.07) is 17.0. The number of hydrogen-bond acceptors (Lipinski definition) is 6. The molecule has 0 aromatic heterocycles. The van der Waals surface area contributed by atoms with Crippen LogP contribution in [-0.2, 0) is 20.9 Å². The van der Waals surface area contributed by atoms with Crippen molar-refractivity contribution in [3.63, 3.8) is 0 Å². The molecule has 0 aliphatic heterocycles. The summed E-state index contributed by atoms with van der Waals surface area (Å²) in [6.07, 6.45) is 3.54. The van der Waals surface area contributed by atoms with Crippen LogP contribution in [0.1, 0.15) is 37.7 Å². The van der Waals surface area contributed by atoms with Crippen LogP contribution < -0.4 is 16.0 Å². The van der Waals surface area contributed by atoms with E-state index in [4.69, 9.17) is 20.4 Å². The summed E-state index contributed by atoms with van der Waals surface area (Å²) >= 11 is 0. The lowest BCUT2D eigenvalue weighted by Crippen LogP contribution is -2.18. The van der Waals surface area contributed by atoms with Crippen molar-refractivity contribution in [2.45, 2.75) is 44.8 Å². The zero-order valence-electron chi connectivity index (χ0n) is 16.8. The normalized spacial score (nSPS) is 11.0. The van der Waals surface area contributed by atoms with E-state index in [9.17, 15) is 9.59 Å². The van der Waals surface area contributed by atoms with Crippen molar-refractivity contribution in [2.24, 2.45) is 0 Å². The number of aldehydes is 1. The van der Waals surface area contributed by atoms with E-state index in [0.717, 1.165) is 36.1 Å². The van der Waals surface area contributed by atoms with Gasteiger partial charge in [0.15, 0.2) is 0 Å². The highest BCUT2D eigenvalue weighted by molar-refractivity contribution is 5.74. The van der Waals surface area contributed by atoms with Gasteiger partial charge in [-0.15, -0.1) is 0 Å². The third-order valence-corrected chi connectivity index (χ3v) is 4.07. The van der Waals surface area contributed by atoms with Crippen molar-refractivity contribution in [1.29, 1.82) is 0 Å². The number of hydrogen-bond donors (Lipinski definition) is 3. The highest BCUT2D eigenvalue weighted by Crippen LogP contribution is 2.15. The van der Waals surface area contributed by atoms with Gasteiger partial charge in [0.05, 0.1) is 13.7 Å². The number of carbonyl (C=O) groups is 2. The largest absolute Gasteiger partial charge is 0.497 e. The van der Waals surface area contributed by atoms with Gasteiger partial charge in [0, 0.05) is 12.1 Å². The number of ether oxygens (including phenoxy) is 2. The van der Waals surface area contributed by atoms with Gasteiger partial charge in [-0.1, -0.05) is 43.2 Å². The van der Waals surface area contributed by atoms with E-state index < -0.39 is 6.10 Å². The lowest BCUT2D eigenvalue weighted by Gasteiger charge is -2.12. The molecule has 2 aromatic rings. The fourth-order valence-electron chi connectivity index (χ4n) is 2.47. The van der Waals surface area contributed by atoms with E-state index in [-0.39, 0.29) is 12.3 Å². The van der Waals surface area contributed by atoms with Gasteiger partial charge in [0.2, 0.25) is 5.91 Å². The molecule has 0 saturated carbocycles. The average molecular weight is 402 g/mol. The topological polar surface area (TPSA) is 111 Å². The smallest absolute Gasteiger partial charge is 0.243 e. The molecular formula is C22H30N2O5. The van der Waals surface area contributed by atoms with Gasteiger partial charge in [-0.25, -0.2) is 5.48 Å². The first-order chi connectivity index (χ1) is 14.1. The quantitative estimate of drug-likeness (QED) is 0.174. The Morgan fingerprint density at radius 2 is 1.90 bits per heavy atom. The van der Waals surface area contributed by atoms with E-state index in [1.54, 1.807) is 12.6 Å². The van der Waals surface area contributed by atoms with Crippen LogP contribution in [0.4, 0.5) is 5.69 Å². The zero-order valence-corrected chi connectivity index (χ0v) is 16.8. The van der Waals surface area contributed by atoms with Crippen molar-refractivity contribution in [2.75, 3.05) is 12.8 Å². The lowest BCUT2D eigenvalue weighted by atomic mass is 10.1. The molecule has 158 valence electrons. The summed E-state index contributed by atoms with van der Waals surface area (Å²) in [5.41, 5.74) is 8.72. The van der Waals surface area contributed by atoms with E-state index in [0.29, 0.717) is 19.4 Å². The van der Waals surface area contributed by atoms with Crippen LogP contribution in [0.5, 0.6) is 5.75 Å². The third kappa shape index (κ3) is 11.5. The molecule has 7 heteroatoms. The number of methoxy groups -OCH3 is 1. The summed E-state index contributed by atoms with van der Waals surface area (Å²) in [5.74, 6) is 0.368. The van der Waals surface area contributed by atoms with Gasteiger partial charge >= 0.3 is 0 Å². The predicted molar refractivity (Wildman–Crippen MR) is 112 cm³/mol. The summed E-state index contributed by atoms with van der Waals surface area (Å²) in [4.78, 5) is 21.8. The minimum absolute atomic E-state index is 0.285. The Balaban J connectivity index is 0.000000502. The Kier molecular flexibility index (Phi) is 12.5.